The Morgan fingerprint density at radius 2 is 1.94 bits per heavy atom. The molecule has 6 rings (SSSR count). The van der Waals surface area contributed by atoms with Crippen LogP contribution in [0.2, 0.25) is 0 Å². The fourth-order valence-electron chi connectivity index (χ4n) is 4.15. The second-order valence-electron chi connectivity index (χ2n) is 7.57. The van der Waals surface area contributed by atoms with Gasteiger partial charge in [-0.2, -0.15) is 0 Å². The molecule has 0 unspecified atom stereocenters. The molecule has 9 nitrogen and oxygen atoms in total. The van der Waals surface area contributed by atoms with Crippen molar-refractivity contribution in [3.63, 3.8) is 0 Å². The first-order valence-electron chi connectivity index (χ1n) is 9.94. The van der Waals surface area contributed by atoms with E-state index in [2.05, 4.69) is 10.5 Å². The van der Waals surface area contributed by atoms with Crippen molar-refractivity contribution in [3.8, 4) is 17.2 Å². The summed E-state index contributed by atoms with van der Waals surface area (Å²) in [6.45, 7) is 1.83. The standard InChI is InChI=1S/C23H16N2O7/c1-11-8-17(25-32-11)24-22(26)21-18(12-6-7-15-16(9-12)29-10-28-15)19-20(31-21)13-4-2-3-5-14(13)30-23(19)27/h2-9,18,21H,10H2,1H3,(H,24,25,26)/t18-,21-/m1/s1. The van der Waals surface area contributed by atoms with Crippen molar-refractivity contribution in [2.75, 3.05) is 12.1 Å². The lowest BCUT2D eigenvalue weighted by Gasteiger charge is -2.18. The zero-order valence-electron chi connectivity index (χ0n) is 16.8. The zero-order valence-corrected chi connectivity index (χ0v) is 16.8. The number of ether oxygens (including phenoxy) is 3. The summed E-state index contributed by atoms with van der Waals surface area (Å²) < 4.78 is 27.6. The highest BCUT2D eigenvalue weighted by Crippen LogP contribution is 2.46. The van der Waals surface area contributed by atoms with Gasteiger partial charge in [-0.05, 0) is 36.8 Å². The first kappa shape index (κ1) is 18.5. The van der Waals surface area contributed by atoms with E-state index in [-0.39, 0.29) is 18.2 Å². The van der Waals surface area contributed by atoms with E-state index in [1.54, 1.807) is 49.4 Å². The fraction of sp³-hybridized carbons (Fsp3) is 0.174. The Morgan fingerprint density at radius 3 is 2.78 bits per heavy atom. The van der Waals surface area contributed by atoms with Crippen LogP contribution in [0.1, 0.15) is 22.8 Å². The lowest BCUT2D eigenvalue weighted by Crippen LogP contribution is -2.35. The van der Waals surface area contributed by atoms with E-state index in [1.807, 2.05) is 6.07 Å². The number of carbonyl (C=O) groups excluding carboxylic acids is 1. The Kier molecular flexibility index (Phi) is 3.97. The molecule has 0 radical (unpaired) electrons. The van der Waals surface area contributed by atoms with E-state index in [9.17, 15) is 9.59 Å². The van der Waals surface area contributed by atoms with Crippen LogP contribution in [0.15, 0.2) is 62.3 Å². The molecule has 160 valence electrons. The molecule has 0 saturated heterocycles. The topological polar surface area (TPSA) is 113 Å². The van der Waals surface area contributed by atoms with Crippen molar-refractivity contribution in [1.82, 2.24) is 5.16 Å². The molecule has 0 bridgehead atoms. The van der Waals surface area contributed by atoms with Crippen LogP contribution in [0, 0.1) is 6.92 Å². The Bertz CT molecular complexity index is 1440. The minimum Gasteiger partial charge on any atom is -0.478 e. The number of aromatic nitrogens is 1. The number of para-hydroxylation sites is 1. The highest BCUT2D eigenvalue weighted by molar-refractivity contribution is 5.97. The molecule has 0 aliphatic carbocycles. The number of fused-ring (bicyclic) bond motifs is 4. The average molecular weight is 432 g/mol. The number of aryl methyl sites for hydroxylation is 1. The molecule has 0 spiro atoms. The van der Waals surface area contributed by atoms with Gasteiger partial charge in [0.1, 0.15) is 17.1 Å². The van der Waals surface area contributed by atoms with Gasteiger partial charge in [-0.1, -0.05) is 23.4 Å². The van der Waals surface area contributed by atoms with Gasteiger partial charge < -0.3 is 28.5 Å². The molecule has 2 aromatic carbocycles. The van der Waals surface area contributed by atoms with Gasteiger partial charge in [0.05, 0.1) is 16.9 Å². The second kappa shape index (κ2) is 6.88. The maximum Gasteiger partial charge on any atom is 0.344 e. The maximum absolute atomic E-state index is 13.3. The predicted octanol–water partition coefficient (Wildman–Crippen LogP) is 3.35. The average Bonchev–Trinajstić information content (AvgIpc) is 3.51. The molecule has 1 N–H and O–H groups in total. The van der Waals surface area contributed by atoms with E-state index in [4.69, 9.17) is 23.2 Å². The summed E-state index contributed by atoms with van der Waals surface area (Å²) in [6.07, 6.45) is -1.05. The van der Waals surface area contributed by atoms with Crippen molar-refractivity contribution in [2.45, 2.75) is 18.9 Å². The number of hydrogen-bond acceptors (Lipinski definition) is 8. The molecular formula is C23H16N2O7. The van der Waals surface area contributed by atoms with Crippen LogP contribution in [0.4, 0.5) is 5.82 Å². The summed E-state index contributed by atoms with van der Waals surface area (Å²) in [7, 11) is 0. The van der Waals surface area contributed by atoms with Gasteiger partial charge in [-0.25, -0.2) is 4.79 Å². The zero-order chi connectivity index (χ0) is 21.8. The van der Waals surface area contributed by atoms with Gasteiger partial charge in [-0.3, -0.25) is 4.79 Å². The summed E-state index contributed by atoms with van der Waals surface area (Å²) in [4.78, 5) is 26.3. The van der Waals surface area contributed by atoms with Crippen LogP contribution >= 0.6 is 0 Å². The normalized spacial score (nSPS) is 18.4. The third-order valence-corrected chi connectivity index (χ3v) is 5.55. The van der Waals surface area contributed by atoms with Crippen molar-refractivity contribution < 1.29 is 27.9 Å². The van der Waals surface area contributed by atoms with Gasteiger partial charge in [0.15, 0.2) is 23.4 Å². The van der Waals surface area contributed by atoms with Crippen molar-refractivity contribution >= 4 is 22.7 Å². The summed E-state index contributed by atoms with van der Waals surface area (Å²) in [6, 6.07) is 13.9. The number of nitrogens with zero attached hydrogens (tertiary/aromatic N) is 1. The highest BCUT2D eigenvalue weighted by Gasteiger charge is 2.44. The number of anilines is 1. The molecule has 1 amide bonds. The molecule has 2 aliphatic rings. The summed E-state index contributed by atoms with van der Waals surface area (Å²) >= 11 is 0. The molecule has 0 saturated carbocycles. The number of rotatable bonds is 3. The molecule has 2 aliphatic heterocycles. The van der Waals surface area contributed by atoms with Crippen LogP contribution in [-0.2, 0) is 4.79 Å². The van der Waals surface area contributed by atoms with Crippen LogP contribution in [0.3, 0.4) is 0 Å². The van der Waals surface area contributed by atoms with E-state index >= 15 is 0 Å². The Labute approximate surface area is 180 Å². The molecule has 2 aromatic heterocycles. The first-order chi connectivity index (χ1) is 15.6. The number of hydrogen-bond donors (Lipinski definition) is 1. The van der Waals surface area contributed by atoms with E-state index < -0.39 is 23.6 Å². The molecular weight excluding hydrogens is 416 g/mol. The monoisotopic (exact) mass is 432 g/mol. The summed E-state index contributed by atoms with van der Waals surface area (Å²) in [5.74, 6) is 1.07. The van der Waals surface area contributed by atoms with Crippen LogP contribution < -0.4 is 25.2 Å². The van der Waals surface area contributed by atoms with Crippen molar-refractivity contribution in [3.05, 3.63) is 75.8 Å². The SMILES string of the molecule is Cc1cc(NC(=O)[C@@H]2Oc3c(c(=O)oc4ccccc34)[C@H]2c2ccc3c(c2)OCO3)no1. The minimum absolute atomic E-state index is 0.110. The quantitative estimate of drug-likeness (QED) is 0.491. The van der Waals surface area contributed by atoms with Gasteiger partial charge >= 0.3 is 5.63 Å². The predicted molar refractivity (Wildman–Crippen MR) is 111 cm³/mol. The highest BCUT2D eigenvalue weighted by atomic mass is 16.7. The van der Waals surface area contributed by atoms with Crippen molar-refractivity contribution in [2.24, 2.45) is 0 Å². The number of nitrogens with one attached hydrogen (secondary N) is 1. The lowest BCUT2D eigenvalue weighted by atomic mass is 9.88. The third-order valence-electron chi connectivity index (χ3n) is 5.55. The van der Waals surface area contributed by atoms with Crippen LogP contribution in [0.25, 0.3) is 11.0 Å². The lowest BCUT2D eigenvalue weighted by molar-refractivity contribution is -0.122. The smallest absolute Gasteiger partial charge is 0.344 e. The van der Waals surface area contributed by atoms with Gasteiger partial charge in [0, 0.05) is 6.07 Å². The van der Waals surface area contributed by atoms with Gasteiger partial charge in [0.25, 0.3) is 5.91 Å². The van der Waals surface area contributed by atoms with E-state index in [0.717, 1.165) is 0 Å². The molecule has 32 heavy (non-hydrogen) atoms. The van der Waals surface area contributed by atoms with Crippen LogP contribution in [-0.4, -0.2) is 24.0 Å². The largest absolute Gasteiger partial charge is 0.478 e. The van der Waals surface area contributed by atoms with Gasteiger partial charge in [-0.15, -0.1) is 0 Å². The number of carbonyl (C=O) groups is 1. The van der Waals surface area contributed by atoms with Crippen molar-refractivity contribution in [1.29, 1.82) is 0 Å². The Balaban J connectivity index is 1.50. The molecule has 2 atom stereocenters. The molecule has 4 heterocycles. The maximum atomic E-state index is 13.3. The Morgan fingerprint density at radius 1 is 1.09 bits per heavy atom. The van der Waals surface area contributed by atoms with E-state index in [1.165, 1.54) is 0 Å². The molecule has 0 fully saturated rings. The third kappa shape index (κ3) is 2.82. The summed E-state index contributed by atoms with van der Waals surface area (Å²) in [5.41, 5.74) is 0.758. The molecule has 4 aromatic rings. The molecule has 9 heteroatoms. The summed E-state index contributed by atoms with van der Waals surface area (Å²) in [5, 5.41) is 7.12. The Hall–Kier alpha value is -4.27. The fourth-order valence-corrected chi connectivity index (χ4v) is 4.15. The van der Waals surface area contributed by atoms with E-state index in [0.29, 0.717) is 39.5 Å². The number of amides is 1. The first-order valence-corrected chi connectivity index (χ1v) is 9.94. The van der Waals surface area contributed by atoms with Gasteiger partial charge in [0.2, 0.25) is 6.79 Å². The number of benzene rings is 2. The van der Waals surface area contributed by atoms with Crippen LogP contribution in [0.5, 0.6) is 17.2 Å². The minimum atomic E-state index is -1.05. The second-order valence-corrected chi connectivity index (χ2v) is 7.57.